The molecule has 37 heavy (non-hydrogen) atoms. The van der Waals surface area contributed by atoms with Crippen LogP contribution in [0.25, 0.3) is 0 Å². The quantitative estimate of drug-likeness (QED) is 0.132. The minimum absolute atomic E-state index is 0.0282. The summed E-state index contributed by atoms with van der Waals surface area (Å²) in [5, 5.41) is 14.6. The maximum atomic E-state index is 12.8. The lowest BCUT2D eigenvalue weighted by molar-refractivity contribution is -0.384. The molecule has 1 N–H and O–H groups in total. The van der Waals surface area contributed by atoms with Crippen molar-refractivity contribution < 1.29 is 23.6 Å². The van der Waals surface area contributed by atoms with Crippen LogP contribution < -0.4 is 14.8 Å². The van der Waals surface area contributed by atoms with Crippen molar-refractivity contribution in [3.63, 3.8) is 0 Å². The van der Waals surface area contributed by atoms with E-state index in [0.717, 1.165) is 11.1 Å². The van der Waals surface area contributed by atoms with Gasteiger partial charge in [-0.25, -0.2) is 0 Å². The highest BCUT2D eigenvalue weighted by atomic mass is 35.5. The standard InChI is InChI=1S/C28H23ClN2O6/c1-3-6-19-7-4-5-8-26(19)35-17-23-10-12-27(36-23)28(32)30-21-14-22(31(33)34)16-24(15-21)37-25-11-9-20(29)13-18(25)2/h3-5,7-16H,1,6,17H2,2H3,(H,30,32). The Morgan fingerprint density at radius 2 is 1.92 bits per heavy atom. The number of hydrogen-bond donors (Lipinski definition) is 1. The lowest BCUT2D eigenvalue weighted by Gasteiger charge is -2.11. The molecular weight excluding hydrogens is 496 g/mol. The first kappa shape index (κ1) is 25.5. The van der Waals surface area contributed by atoms with Crippen molar-refractivity contribution in [2.24, 2.45) is 0 Å². The van der Waals surface area contributed by atoms with Crippen molar-refractivity contribution in [3.8, 4) is 17.2 Å². The van der Waals surface area contributed by atoms with Gasteiger partial charge in [0.1, 0.15) is 29.6 Å². The second kappa shape index (κ2) is 11.5. The monoisotopic (exact) mass is 518 g/mol. The number of non-ortho nitro benzene ring substituents is 1. The first-order valence-electron chi connectivity index (χ1n) is 11.3. The third-order valence-corrected chi connectivity index (χ3v) is 5.55. The van der Waals surface area contributed by atoms with E-state index in [1.165, 1.54) is 24.3 Å². The van der Waals surface area contributed by atoms with Crippen LogP contribution in [0.3, 0.4) is 0 Å². The number of hydrogen-bond acceptors (Lipinski definition) is 6. The van der Waals surface area contributed by atoms with E-state index in [0.29, 0.717) is 28.7 Å². The molecule has 4 aromatic rings. The number of benzene rings is 3. The first-order valence-corrected chi connectivity index (χ1v) is 11.7. The molecular formula is C28H23ClN2O6. The minimum atomic E-state index is -0.576. The van der Waals surface area contributed by atoms with E-state index < -0.39 is 10.8 Å². The molecule has 4 rings (SSSR count). The molecule has 9 heteroatoms. The Balaban J connectivity index is 1.47. The third kappa shape index (κ3) is 6.56. The van der Waals surface area contributed by atoms with E-state index in [-0.39, 0.29) is 29.5 Å². The summed E-state index contributed by atoms with van der Waals surface area (Å²) in [5.74, 6) is 1.26. The minimum Gasteiger partial charge on any atom is -0.485 e. The first-order chi connectivity index (χ1) is 17.8. The van der Waals surface area contributed by atoms with Gasteiger partial charge in [-0.2, -0.15) is 0 Å². The summed E-state index contributed by atoms with van der Waals surface area (Å²) >= 11 is 5.99. The maximum absolute atomic E-state index is 12.8. The fraction of sp³-hybridized carbons (Fsp3) is 0.107. The number of allylic oxidation sites excluding steroid dienone is 1. The molecule has 0 saturated heterocycles. The van der Waals surface area contributed by atoms with Gasteiger partial charge in [-0.15, -0.1) is 6.58 Å². The van der Waals surface area contributed by atoms with Gasteiger partial charge in [-0.05, 0) is 60.9 Å². The van der Waals surface area contributed by atoms with Gasteiger partial charge in [-0.3, -0.25) is 14.9 Å². The Bertz CT molecular complexity index is 1460. The molecule has 0 aliphatic heterocycles. The Hall–Kier alpha value is -4.56. The van der Waals surface area contributed by atoms with E-state index >= 15 is 0 Å². The zero-order valence-corrected chi connectivity index (χ0v) is 20.7. The van der Waals surface area contributed by atoms with Crippen molar-refractivity contribution in [3.05, 3.63) is 123 Å². The molecule has 0 radical (unpaired) electrons. The van der Waals surface area contributed by atoms with Gasteiger partial charge in [0, 0.05) is 17.2 Å². The summed E-state index contributed by atoms with van der Waals surface area (Å²) in [4.78, 5) is 23.7. The van der Waals surface area contributed by atoms with Crippen molar-refractivity contribution in [1.29, 1.82) is 0 Å². The molecule has 1 amide bonds. The van der Waals surface area contributed by atoms with Crippen LogP contribution >= 0.6 is 11.6 Å². The highest BCUT2D eigenvalue weighted by Crippen LogP contribution is 2.32. The number of furan rings is 1. The van der Waals surface area contributed by atoms with Gasteiger partial charge >= 0.3 is 0 Å². The number of carbonyl (C=O) groups is 1. The number of carbonyl (C=O) groups excluding carboxylic acids is 1. The van der Waals surface area contributed by atoms with E-state index in [2.05, 4.69) is 11.9 Å². The number of nitrogens with zero attached hydrogens (tertiary/aromatic N) is 1. The molecule has 8 nitrogen and oxygen atoms in total. The fourth-order valence-electron chi connectivity index (χ4n) is 3.56. The van der Waals surface area contributed by atoms with Crippen molar-refractivity contribution in [2.75, 3.05) is 5.32 Å². The third-order valence-electron chi connectivity index (χ3n) is 5.32. The van der Waals surface area contributed by atoms with Crippen LogP contribution in [0.5, 0.6) is 17.2 Å². The van der Waals surface area contributed by atoms with Gasteiger partial charge in [0.15, 0.2) is 5.76 Å². The fourth-order valence-corrected chi connectivity index (χ4v) is 3.79. The number of nitro benzene ring substituents is 1. The second-order valence-electron chi connectivity index (χ2n) is 8.09. The highest BCUT2D eigenvalue weighted by Gasteiger charge is 2.17. The van der Waals surface area contributed by atoms with Crippen LogP contribution in [0.15, 0.2) is 89.9 Å². The van der Waals surface area contributed by atoms with Gasteiger partial charge in [0.05, 0.1) is 16.7 Å². The number of amides is 1. The molecule has 0 atom stereocenters. The Labute approximate surface area is 218 Å². The number of halogens is 1. The average molecular weight is 519 g/mol. The predicted molar refractivity (Wildman–Crippen MR) is 141 cm³/mol. The molecule has 1 aromatic heterocycles. The van der Waals surface area contributed by atoms with Crippen LogP contribution in [-0.2, 0) is 13.0 Å². The maximum Gasteiger partial charge on any atom is 0.291 e. The Morgan fingerprint density at radius 1 is 1.11 bits per heavy atom. The second-order valence-corrected chi connectivity index (χ2v) is 8.53. The van der Waals surface area contributed by atoms with Gasteiger partial charge in [0.25, 0.3) is 11.6 Å². The summed E-state index contributed by atoms with van der Waals surface area (Å²) in [6, 6.07) is 19.8. The van der Waals surface area contributed by atoms with E-state index in [1.54, 1.807) is 37.3 Å². The highest BCUT2D eigenvalue weighted by molar-refractivity contribution is 6.30. The molecule has 0 fully saturated rings. The molecule has 0 bridgehead atoms. The zero-order chi connectivity index (χ0) is 26.4. The van der Waals surface area contributed by atoms with Crippen LogP contribution in [0.1, 0.15) is 27.4 Å². The summed E-state index contributed by atoms with van der Waals surface area (Å²) in [5.41, 5.74) is 1.67. The Morgan fingerprint density at radius 3 is 2.68 bits per heavy atom. The molecule has 0 aliphatic carbocycles. The van der Waals surface area contributed by atoms with Crippen LogP contribution in [0.4, 0.5) is 11.4 Å². The largest absolute Gasteiger partial charge is 0.485 e. The zero-order valence-electron chi connectivity index (χ0n) is 19.9. The number of ether oxygens (including phenoxy) is 2. The summed E-state index contributed by atoms with van der Waals surface area (Å²) < 4.78 is 17.3. The van der Waals surface area contributed by atoms with Crippen molar-refractivity contribution in [2.45, 2.75) is 20.0 Å². The number of rotatable bonds is 10. The molecule has 0 spiro atoms. The summed E-state index contributed by atoms with van der Waals surface area (Å²) in [7, 11) is 0. The van der Waals surface area contributed by atoms with Crippen molar-refractivity contribution in [1.82, 2.24) is 0 Å². The number of nitro groups is 1. The molecule has 0 saturated carbocycles. The van der Waals surface area contributed by atoms with E-state index in [4.69, 9.17) is 25.5 Å². The van der Waals surface area contributed by atoms with Crippen LogP contribution in [0.2, 0.25) is 5.02 Å². The van der Waals surface area contributed by atoms with E-state index in [1.807, 2.05) is 24.3 Å². The molecule has 0 unspecified atom stereocenters. The summed E-state index contributed by atoms with van der Waals surface area (Å²) in [6.45, 7) is 5.68. The van der Waals surface area contributed by atoms with Crippen molar-refractivity contribution >= 4 is 28.9 Å². The predicted octanol–water partition coefficient (Wildman–Crippen LogP) is 7.50. The Kier molecular flexibility index (Phi) is 7.90. The molecule has 0 aliphatic rings. The number of para-hydroxylation sites is 1. The van der Waals surface area contributed by atoms with Gasteiger partial charge < -0.3 is 19.2 Å². The average Bonchev–Trinajstić information content (AvgIpc) is 3.35. The van der Waals surface area contributed by atoms with Gasteiger partial charge in [0.2, 0.25) is 0 Å². The normalized spacial score (nSPS) is 10.5. The summed E-state index contributed by atoms with van der Waals surface area (Å²) in [6.07, 6.45) is 2.45. The molecule has 188 valence electrons. The lowest BCUT2D eigenvalue weighted by Crippen LogP contribution is -2.11. The van der Waals surface area contributed by atoms with Crippen LogP contribution in [-0.4, -0.2) is 10.8 Å². The number of aryl methyl sites for hydroxylation is 1. The van der Waals surface area contributed by atoms with Gasteiger partial charge in [-0.1, -0.05) is 35.9 Å². The SMILES string of the molecule is C=CCc1ccccc1OCc1ccc(C(=O)Nc2cc(Oc3ccc(Cl)cc3C)cc([N+](=O)[O-])c2)o1. The molecule has 3 aromatic carbocycles. The van der Waals surface area contributed by atoms with E-state index in [9.17, 15) is 14.9 Å². The smallest absolute Gasteiger partial charge is 0.291 e. The topological polar surface area (TPSA) is 104 Å². The van der Waals surface area contributed by atoms with Crippen LogP contribution in [0, 0.1) is 17.0 Å². The number of nitrogens with one attached hydrogen (secondary N) is 1. The lowest BCUT2D eigenvalue weighted by atomic mass is 10.1. The number of anilines is 1. The molecule has 1 heterocycles.